The summed E-state index contributed by atoms with van der Waals surface area (Å²) in [5, 5.41) is 25.2. The molecule has 6 N–H and O–H groups in total. The Bertz CT molecular complexity index is 1690. The maximum atomic E-state index is 13.2. The fraction of sp³-hybridized carbons (Fsp3) is 0.389. The number of phosphoric ester groups is 1. The molecular weight excluding hydrogens is 623 g/mol. The number of aliphatic hydroxyl groups excluding tert-OH is 2. The molecule has 2 unspecified atom stereocenters. The van der Waals surface area contributed by atoms with Gasteiger partial charge in [0.05, 0.1) is 25.6 Å². The van der Waals surface area contributed by atoms with Crippen molar-refractivity contribution in [3.05, 3.63) is 57.0 Å². The van der Waals surface area contributed by atoms with E-state index < -0.39 is 65.9 Å². The molecule has 3 aromatic rings. The summed E-state index contributed by atoms with van der Waals surface area (Å²) in [5.41, 5.74) is -1.23. The minimum atomic E-state index is -5.80. The van der Waals surface area contributed by atoms with E-state index in [2.05, 4.69) is 18.3 Å². The van der Waals surface area contributed by atoms with E-state index in [1.165, 1.54) is 7.11 Å². The summed E-state index contributed by atoms with van der Waals surface area (Å²) in [7, 11) is -15.5. The summed E-state index contributed by atoms with van der Waals surface area (Å²) in [4.78, 5) is 61.7. The number of hydrogen-bond acceptors (Lipinski definition) is 14. The van der Waals surface area contributed by atoms with Crippen LogP contribution in [0.1, 0.15) is 11.9 Å². The number of ether oxygens (including phenoxy) is 2. The van der Waals surface area contributed by atoms with Crippen LogP contribution in [0.25, 0.3) is 11.0 Å². The number of aliphatic hydroxyl groups is 2. The Morgan fingerprint density at radius 3 is 2.37 bits per heavy atom. The second kappa shape index (κ2) is 11.6. The van der Waals surface area contributed by atoms with E-state index in [4.69, 9.17) is 23.8 Å². The van der Waals surface area contributed by atoms with Gasteiger partial charge in [0, 0.05) is 12.3 Å². The Labute approximate surface area is 227 Å². The van der Waals surface area contributed by atoms with Gasteiger partial charge < -0.3 is 43.8 Å². The number of hydrogen-bond donors (Lipinski definition) is 6. The average Bonchev–Trinajstić information content (AvgIpc) is 3.38. The number of aromatic nitrogens is 3. The number of methoxy groups -OCH3 is 1. The first-order chi connectivity index (χ1) is 19.0. The lowest BCUT2D eigenvalue weighted by atomic mass is 10.1. The molecule has 226 valence electrons. The first kappa shape index (κ1) is 31.4. The predicted molar refractivity (Wildman–Crippen MR) is 130 cm³/mol. The van der Waals surface area contributed by atoms with Crippen molar-refractivity contribution >= 4 is 34.4 Å². The van der Waals surface area contributed by atoms with Crippen molar-refractivity contribution < 1.29 is 70.6 Å². The van der Waals surface area contributed by atoms with Crippen LogP contribution in [0.4, 0.5) is 0 Å². The summed E-state index contributed by atoms with van der Waals surface area (Å²) in [6.07, 6.45) is -6.07. The Morgan fingerprint density at radius 1 is 1.00 bits per heavy atom. The topological polar surface area (TPSA) is 289 Å². The molecule has 1 aliphatic heterocycles. The third kappa shape index (κ3) is 7.28. The van der Waals surface area contributed by atoms with Gasteiger partial charge in [0.2, 0.25) is 0 Å². The number of rotatable bonds is 11. The summed E-state index contributed by atoms with van der Waals surface area (Å²) in [6, 6.07) is 5.73. The highest BCUT2D eigenvalue weighted by molar-refractivity contribution is 7.66. The molecule has 6 atom stereocenters. The van der Waals surface area contributed by atoms with E-state index in [0.29, 0.717) is 16.7 Å². The van der Waals surface area contributed by atoms with Crippen LogP contribution < -0.4 is 16.0 Å². The Balaban J connectivity index is 1.52. The molecule has 0 bridgehead atoms. The second-order valence-electron chi connectivity index (χ2n) is 8.35. The molecule has 0 spiro atoms. The van der Waals surface area contributed by atoms with Crippen molar-refractivity contribution in [3.63, 3.8) is 0 Å². The zero-order chi connectivity index (χ0) is 30.3. The van der Waals surface area contributed by atoms with Crippen LogP contribution in [0.2, 0.25) is 0 Å². The zero-order valence-electron chi connectivity index (χ0n) is 20.5. The van der Waals surface area contributed by atoms with Gasteiger partial charge in [-0.3, -0.25) is 18.5 Å². The van der Waals surface area contributed by atoms with Crippen molar-refractivity contribution in [2.24, 2.45) is 0 Å². The third-order valence-corrected chi connectivity index (χ3v) is 9.39. The largest absolute Gasteiger partial charge is 0.497 e. The molecular formula is C18H22N3O17P3. The first-order valence-corrected chi connectivity index (χ1v) is 15.6. The van der Waals surface area contributed by atoms with E-state index in [-0.39, 0.29) is 12.2 Å². The van der Waals surface area contributed by atoms with Gasteiger partial charge >= 0.3 is 29.2 Å². The molecule has 23 heteroatoms. The molecule has 4 rings (SSSR count). The van der Waals surface area contributed by atoms with Crippen LogP contribution in [0, 0.1) is 0 Å². The molecule has 3 heterocycles. The molecule has 0 amide bonds. The summed E-state index contributed by atoms with van der Waals surface area (Å²) < 4.78 is 63.0. The van der Waals surface area contributed by atoms with Crippen LogP contribution in [0.15, 0.2) is 44.6 Å². The fourth-order valence-electron chi connectivity index (χ4n) is 3.80. The van der Waals surface area contributed by atoms with E-state index >= 15 is 0 Å². The molecule has 0 radical (unpaired) electrons. The van der Waals surface area contributed by atoms with Gasteiger partial charge in [-0.25, -0.2) is 18.5 Å². The molecule has 2 aromatic heterocycles. The highest BCUT2D eigenvalue weighted by Gasteiger charge is 2.47. The van der Waals surface area contributed by atoms with Crippen LogP contribution in [-0.2, 0) is 38.1 Å². The van der Waals surface area contributed by atoms with Crippen molar-refractivity contribution in [2.75, 3.05) is 13.7 Å². The van der Waals surface area contributed by atoms with Gasteiger partial charge in [0.25, 0.3) is 5.56 Å². The normalized spacial score (nSPS) is 24.3. The quantitative estimate of drug-likeness (QED) is 0.139. The molecule has 20 nitrogen and oxygen atoms in total. The molecule has 1 fully saturated rings. The fourth-order valence-corrected chi connectivity index (χ4v) is 6.83. The van der Waals surface area contributed by atoms with Crippen molar-refractivity contribution in [3.8, 4) is 5.75 Å². The Morgan fingerprint density at radius 2 is 1.71 bits per heavy atom. The molecule has 1 saturated heterocycles. The maximum Gasteiger partial charge on any atom is 0.490 e. The number of fused-ring (bicyclic) bond motifs is 1. The Kier molecular flexibility index (Phi) is 8.90. The van der Waals surface area contributed by atoms with Gasteiger partial charge in [-0.15, -0.1) is 0 Å². The Hall–Kier alpha value is -2.54. The standard InChI is InChI=1S/C18H22N3O17P3/c1-33-9-2-3-12-10(6-9)11(19-36-12)7-21-14(22)4-5-20(18(21)25)17-16(24)15(23)13(35-17)8-34-40(29,30)38-41(31,32)37-39(26,27)28/h2-6,13,15-17,23-24H,7-8H2,1H3,(H,29,30)(H,31,32)(H2,26,27,28)/t13-,15+,16+,17-/m1/s1. The SMILES string of the molecule is COc1ccc2onc(Cn3c(=O)ccn([C@@H]4O[C@H](COP(=O)(O)OP(=O)(O)OP(=O)(O)O)[C@H](O)[C@@H]4O)c3=O)c2c1. The van der Waals surface area contributed by atoms with Gasteiger partial charge in [-0.2, -0.15) is 8.62 Å². The molecule has 0 saturated carbocycles. The van der Waals surface area contributed by atoms with Crippen molar-refractivity contribution in [1.82, 2.24) is 14.3 Å². The van der Waals surface area contributed by atoms with E-state index in [1.54, 1.807) is 18.2 Å². The second-order valence-corrected chi connectivity index (χ2v) is 12.8. The van der Waals surface area contributed by atoms with Gasteiger partial charge in [0.15, 0.2) is 11.8 Å². The minimum absolute atomic E-state index is 0.192. The van der Waals surface area contributed by atoms with Crippen LogP contribution in [-0.4, -0.2) is 76.1 Å². The summed E-state index contributed by atoms with van der Waals surface area (Å²) in [5.74, 6) is 0.457. The highest BCUT2D eigenvalue weighted by atomic mass is 31.3. The number of phosphoric acid groups is 3. The lowest BCUT2D eigenvalue weighted by Gasteiger charge is -2.19. The minimum Gasteiger partial charge on any atom is -0.497 e. The highest BCUT2D eigenvalue weighted by Crippen LogP contribution is 2.66. The van der Waals surface area contributed by atoms with Gasteiger partial charge in [-0.05, 0) is 18.2 Å². The smallest absolute Gasteiger partial charge is 0.490 e. The number of benzene rings is 1. The maximum absolute atomic E-state index is 13.2. The molecule has 1 aromatic carbocycles. The molecule has 41 heavy (non-hydrogen) atoms. The van der Waals surface area contributed by atoms with Crippen LogP contribution in [0.3, 0.4) is 0 Å². The third-order valence-electron chi connectivity index (χ3n) is 5.58. The van der Waals surface area contributed by atoms with Gasteiger partial charge in [-0.1, -0.05) is 5.16 Å². The van der Waals surface area contributed by atoms with Crippen LogP contribution >= 0.6 is 23.5 Å². The number of nitrogens with zero attached hydrogens (tertiary/aromatic N) is 3. The lowest BCUT2D eigenvalue weighted by molar-refractivity contribution is -0.0547. The predicted octanol–water partition coefficient (Wildman–Crippen LogP) is -0.829. The first-order valence-electron chi connectivity index (χ1n) is 11.0. The average molecular weight is 645 g/mol. The van der Waals surface area contributed by atoms with E-state index in [1.807, 2.05) is 0 Å². The van der Waals surface area contributed by atoms with E-state index in [9.17, 15) is 43.3 Å². The molecule has 1 aliphatic rings. The molecule has 0 aliphatic carbocycles. The monoisotopic (exact) mass is 645 g/mol. The lowest BCUT2D eigenvalue weighted by Crippen LogP contribution is -2.43. The van der Waals surface area contributed by atoms with Gasteiger partial charge in [0.1, 0.15) is 29.8 Å². The van der Waals surface area contributed by atoms with Crippen LogP contribution in [0.5, 0.6) is 5.75 Å². The zero-order valence-corrected chi connectivity index (χ0v) is 23.2. The van der Waals surface area contributed by atoms with E-state index in [0.717, 1.165) is 21.4 Å². The van der Waals surface area contributed by atoms with Crippen molar-refractivity contribution in [1.29, 1.82) is 0 Å². The summed E-state index contributed by atoms with van der Waals surface area (Å²) >= 11 is 0. The van der Waals surface area contributed by atoms with Crippen molar-refractivity contribution in [2.45, 2.75) is 31.1 Å². The summed E-state index contributed by atoms with van der Waals surface area (Å²) in [6.45, 7) is -1.47.